The lowest BCUT2D eigenvalue weighted by atomic mass is 9.74. The molecule has 0 bridgehead atoms. The largest absolute Gasteiger partial charge is 0.382 e. The molecule has 35 heavy (non-hydrogen) atoms. The minimum atomic E-state index is 0.0150. The van der Waals surface area contributed by atoms with Crippen LogP contribution >= 0.6 is 0 Å². The van der Waals surface area contributed by atoms with Gasteiger partial charge in [-0.2, -0.15) is 0 Å². The van der Waals surface area contributed by atoms with Crippen LogP contribution in [0.2, 0.25) is 0 Å². The van der Waals surface area contributed by atoms with E-state index in [2.05, 4.69) is 57.2 Å². The van der Waals surface area contributed by atoms with Crippen LogP contribution in [-0.2, 0) is 4.79 Å². The van der Waals surface area contributed by atoms with Crippen LogP contribution in [0.15, 0.2) is 73.1 Å². The summed E-state index contributed by atoms with van der Waals surface area (Å²) in [4.78, 5) is 25.6. The van der Waals surface area contributed by atoms with Crippen LogP contribution in [0, 0.1) is 5.92 Å². The first kappa shape index (κ1) is 21.3. The fraction of sp³-hybridized carbons (Fsp3) is 0.214. The number of benzene rings is 2. The Hall–Kier alpha value is -4.26. The number of amides is 1. The Balaban J connectivity index is 1.39. The van der Waals surface area contributed by atoms with E-state index in [-0.39, 0.29) is 5.91 Å². The number of aromatic nitrogens is 4. The van der Waals surface area contributed by atoms with Gasteiger partial charge in [-0.25, -0.2) is 15.0 Å². The van der Waals surface area contributed by atoms with Gasteiger partial charge in [-0.15, -0.1) is 0 Å². The van der Waals surface area contributed by atoms with Gasteiger partial charge in [0, 0.05) is 48.3 Å². The Labute approximate surface area is 203 Å². The number of imidazole rings is 1. The first-order chi connectivity index (χ1) is 17.1. The number of nitrogens with one attached hydrogen (secondary N) is 1. The molecule has 2 aromatic carbocycles. The molecule has 0 aliphatic heterocycles. The highest BCUT2D eigenvalue weighted by Gasteiger charge is 2.34. The van der Waals surface area contributed by atoms with Crippen LogP contribution in [0.1, 0.15) is 31.5 Å². The molecule has 6 rings (SSSR count). The van der Waals surface area contributed by atoms with E-state index in [1.54, 1.807) is 13.1 Å². The molecule has 3 heterocycles. The third-order valence-corrected chi connectivity index (χ3v) is 6.89. The van der Waals surface area contributed by atoms with Crippen LogP contribution in [-0.4, -0.2) is 31.8 Å². The van der Waals surface area contributed by atoms with Crippen molar-refractivity contribution in [2.24, 2.45) is 5.92 Å². The fourth-order valence-corrected chi connectivity index (χ4v) is 5.01. The van der Waals surface area contributed by atoms with E-state index in [0.717, 1.165) is 57.6 Å². The van der Waals surface area contributed by atoms with Gasteiger partial charge in [-0.3, -0.25) is 9.20 Å². The molecule has 0 unspecified atom stereocenters. The second-order valence-electron chi connectivity index (χ2n) is 9.29. The van der Waals surface area contributed by atoms with Crippen LogP contribution < -0.4 is 11.1 Å². The second-order valence-corrected chi connectivity index (χ2v) is 9.29. The Kier molecular flexibility index (Phi) is 5.17. The van der Waals surface area contributed by atoms with Gasteiger partial charge in [-0.1, -0.05) is 48.5 Å². The van der Waals surface area contributed by atoms with Crippen LogP contribution in [0.4, 0.5) is 5.82 Å². The zero-order valence-corrected chi connectivity index (χ0v) is 19.5. The molecule has 3 aromatic heterocycles. The lowest BCUT2D eigenvalue weighted by molar-refractivity contribution is -0.119. The summed E-state index contributed by atoms with van der Waals surface area (Å²) in [6.07, 6.45) is 5.63. The summed E-state index contributed by atoms with van der Waals surface area (Å²) < 4.78 is 2.08. The topological polar surface area (TPSA) is 98.2 Å². The molecule has 1 amide bonds. The van der Waals surface area contributed by atoms with Crippen molar-refractivity contribution >= 4 is 28.1 Å². The molecule has 1 aliphatic rings. The van der Waals surface area contributed by atoms with Crippen molar-refractivity contribution in [1.29, 1.82) is 0 Å². The molecule has 3 N–H and O–H groups in total. The first-order valence-corrected chi connectivity index (χ1v) is 11.9. The number of hydrogen-bond donors (Lipinski definition) is 2. The van der Waals surface area contributed by atoms with Crippen LogP contribution in [0.3, 0.4) is 0 Å². The molecule has 7 nitrogen and oxygen atoms in total. The Morgan fingerprint density at radius 3 is 2.66 bits per heavy atom. The fourth-order valence-electron chi connectivity index (χ4n) is 5.01. The molecule has 0 radical (unpaired) electrons. The molecule has 174 valence electrons. The third kappa shape index (κ3) is 3.89. The summed E-state index contributed by atoms with van der Waals surface area (Å²) in [5.74, 6) is 2.26. The summed E-state index contributed by atoms with van der Waals surface area (Å²) in [5, 5.41) is 4.00. The number of pyridine rings is 1. The Morgan fingerprint density at radius 2 is 1.86 bits per heavy atom. The van der Waals surface area contributed by atoms with Crippen molar-refractivity contribution in [3.8, 4) is 22.5 Å². The zero-order chi connectivity index (χ0) is 23.9. The monoisotopic (exact) mass is 462 g/mol. The van der Waals surface area contributed by atoms with Crippen molar-refractivity contribution in [3.05, 3.63) is 78.9 Å². The van der Waals surface area contributed by atoms with E-state index in [1.807, 2.05) is 24.4 Å². The normalized spacial score (nSPS) is 17.4. The summed E-state index contributed by atoms with van der Waals surface area (Å²) in [6.45, 7) is 2.27. The number of carbonyl (C=O) groups excluding carboxylic acids is 1. The predicted molar refractivity (Wildman–Crippen MR) is 138 cm³/mol. The summed E-state index contributed by atoms with van der Waals surface area (Å²) in [5.41, 5.74) is 11.9. The van der Waals surface area contributed by atoms with Gasteiger partial charge < -0.3 is 11.1 Å². The number of nitrogen functional groups attached to an aromatic ring is 1. The average Bonchev–Trinajstić information content (AvgIpc) is 3.23. The number of nitrogens with zero attached hydrogens (tertiary/aromatic N) is 4. The molecule has 0 saturated heterocycles. The minimum Gasteiger partial charge on any atom is -0.382 e. The maximum absolute atomic E-state index is 11.3. The maximum Gasteiger partial charge on any atom is 0.216 e. The van der Waals surface area contributed by atoms with Crippen molar-refractivity contribution < 1.29 is 4.79 Å². The van der Waals surface area contributed by atoms with E-state index < -0.39 is 0 Å². The van der Waals surface area contributed by atoms with Gasteiger partial charge in [0.15, 0.2) is 0 Å². The number of fused-ring (bicyclic) bond motifs is 2. The Bertz CT molecular complexity index is 1550. The van der Waals surface area contributed by atoms with E-state index in [0.29, 0.717) is 24.2 Å². The van der Waals surface area contributed by atoms with E-state index in [1.165, 1.54) is 0 Å². The third-order valence-electron chi connectivity index (χ3n) is 6.89. The molecular formula is C28H26N6O. The van der Waals surface area contributed by atoms with Gasteiger partial charge in [0.05, 0.1) is 11.2 Å². The van der Waals surface area contributed by atoms with E-state index in [4.69, 9.17) is 15.7 Å². The number of hydrogen-bond acceptors (Lipinski definition) is 5. The molecule has 5 aromatic rings. The van der Waals surface area contributed by atoms with Gasteiger partial charge in [-0.05, 0) is 30.9 Å². The number of rotatable bonds is 5. The van der Waals surface area contributed by atoms with Gasteiger partial charge >= 0.3 is 0 Å². The lowest BCUT2D eigenvalue weighted by Gasteiger charge is -2.34. The molecule has 1 aliphatic carbocycles. The highest BCUT2D eigenvalue weighted by Crippen LogP contribution is 2.43. The average molecular weight is 463 g/mol. The molecular weight excluding hydrogens is 436 g/mol. The van der Waals surface area contributed by atoms with Crippen LogP contribution in [0.25, 0.3) is 38.9 Å². The summed E-state index contributed by atoms with van der Waals surface area (Å²) in [7, 11) is 0. The smallest absolute Gasteiger partial charge is 0.216 e. The summed E-state index contributed by atoms with van der Waals surface area (Å²) in [6, 6.07) is 20.6. The zero-order valence-electron chi connectivity index (χ0n) is 19.5. The molecule has 7 heteroatoms. The van der Waals surface area contributed by atoms with Gasteiger partial charge in [0.25, 0.3) is 0 Å². The van der Waals surface area contributed by atoms with Crippen molar-refractivity contribution in [2.75, 3.05) is 12.3 Å². The van der Waals surface area contributed by atoms with Gasteiger partial charge in [0.1, 0.15) is 22.9 Å². The number of anilines is 1. The number of carbonyl (C=O) groups is 1. The van der Waals surface area contributed by atoms with Crippen molar-refractivity contribution in [1.82, 2.24) is 24.7 Å². The highest BCUT2D eigenvalue weighted by molar-refractivity contribution is 5.91. The van der Waals surface area contributed by atoms with Crippen LogP contribution in [0.5, 0.6) is 0 Å². The standard InChI is InChI=1S/C28H26N6O/c1-17(35)31-16-18-13-22(14-18)28-33-25(26-27(29)30-11-12-34(26)28)21-8-7-20-9-10-23(32-24(20)15-21)19-5-3-2-4-6-19/h2-12,15,18,22H,13-14,16H2,1H3,(H2,29,30)(H,31,35)/t18-,22+. The van der Waals surface area contributed by atoms with Crippen molar-refractivity contribution in [3.63, 3.8) is 0 Å². The molecule has 1 saturated carbocycles. The number of nitrogens with two attached hydrogens (primary N) is 1. The first-order valence-electron chi connectivity index (χ1n) is 11.9. The molecule has 1 fully saturated rings. The summed E-state index contributed by atoms with van der Waals surface area (Å²) >= 11 is 0. The lowest BCUT2D eigenvalue weighted by Crippen LogP contribution is -2.34. The molecule has 0 atom stereocenters. The van der Waals surface area contributed by atoms with Crippen molar-refractivity contribution in [2.45, 2.75) is 25.7 Å². The SMILES string of the molecule is CC(=O)NC[C@H]1C[C@@H](c2nc(-c3ccc4ccc(-c5ccccc5)nc4c3)c3c(N)nccn32)C1. The Morgan fingerprint density at radius 1 is 1.06 bits per heavy atom. The maximum atomic E-state index is 11.3. The highest BCUT2D eigenvalue weighted by atomic mass is 16.1. The predicted octanol–water partition coefficient (Wildman–Crippen LogP) is 4.82. The quantitative estimate of drug-likeness (QED) is 0.390. The minimum absolute atomic E-state index is 0.0150. The molecule has 0 spiro atoms. The van der Waals surface area contributed by atoms with E-state index >= 15 is 0 Å². The van der Waals surface area contributed by atoms with E-state index in [9.17, 15) is 4.79 Å². The second kappa shape index (κ2) is 8.51. The van der Waals surface area contributed by atoms with Gasteiger partial charge in [0.2, 0.25) is 5.91 Å².